The number of aryl methyl sites for hydroxylation is 2. The quantitative estimate of drug-likeness (QED) is 0.778. The van der Waals surface area contributed by atoms with Crippen LogP contribution >= 0.6 is 11.3 Å². The molecule has 0 radical (unpaired) electrons. The smallest absolute Gasteiger partial charge is 0.142 e. The van der Waals surface area contributed by atoms with Gasteiger partial charge >= 0.3 is 0 Å². The lowest BCUT2D eigenvalue weighted by Crippen LogP contribution is -2.01. The van der Waals surface area contributed by atoms with E-state index in [2.05, 4.69) is 21.4 Å². The van der Waals surface area contributed by atoms with Crippen LogP contribution in [0.15, 0.2) is 30.6 Å². The number of thiophene rings is 1. The summed E-state index contributed by atoms with van der Waals surface area (Å²) in [5, 5.41) is 13.4. The van der Waals surface area contributed by atoms with Crippen molar-refractivity contribution in [3.8, 4) is 6.07 Å². The Morgan fingerprint density at radius 2 is 1.96 bits per heavy atom. The van der Waals surface area contributed by atoms with Gasteiger partial charge in [-0.25, -0.2) is 9.97 Å². The molecule has 0 saturated heterocycles. The van der Waals surface area contributed by atoms with E-state index in [9.17, 15) is 0 Å². The number of aromatic nitrogens is 2. The van der Waals surface area contributed by atoms with Crippen LogP contribution in [0, 0.1) is 11.3 Å². The van der Waals surface area contributed by atoms with Crippen LogP contribution in [0.5, 0.6) is 0 Å². The SMILES string of the molecule is N#CCc1ccc(Nc2ncnc3sc4c(c23)CCCC4)cc1. The maximum atomic E-state index is 8.75. The highest BCUT2D eigenvalue weighted by Crippen LogP contribution is 2.38. The fraction of sp³-hybridized carbons (Fsp3) is 0.278. The molecule has 114 valence electrons. The molecule has 0 spiro atoms. The summed E-state index contributed by atoms with van der Waals surface area (Å²) in [6.45, 7) is 0. The highest BCUT2D eigenvalue weighted by molar-refractivity contribution is 7.19. The van der Waals surface area contributed by atoms with E-state index in [4.69, 9.17) is 5.26 Å². The first kappa shape index (κ1) is 14.2. The van der Waals surface area contributed by atoms with E-state index in [0.29, 0.717) is 6.42 Å². The van der Waals surface area contributed by atoms with Crippen molar-refractivity contribution < 1.29 is 0 Å². The first-order valence-corrected chi connectivity index (χ1v) is 8.65. The van der Waals surface area contributed by atoms with Gasteiger partial charge in [0.2, 0.25) is 0 Å². The Kier molecular flexibility index (Phi) is 3.68. The van der Waals surface area contributed by atoms with Crippen molar-refractivity contribution in [1.29, 1.82) is 5.26 Å². The Hall–Kier alpha value is -2.45. The number of anilines is 2. The summed E-state index contributed by atoms with van der Waals surface area (Å²) in [7, 11) is 0. The highest BCUT2D eigenvalue weighted by atomic mass is 32.1. The van der Waals surface area contributed by atoms with Crippen LogP contribution in [0.25, 0.3) is 10.2 Å². The van der Waals surface area contributed by atoms with Gasteiger partial charge in [-0.05, 0) is 48.9 Å². The van der Waals surface area contributed by atoms with Crippen molar-refractivity contribution in [3.63, 3.8) is 0 Å². The van der Waals surface area contributed by atoms with Gasteiger partial charge in [-0.1, -0.05) is 12.1 Å². The highest BCUT2D eigenvalue weighted by Gasteiger charge is 2.19. The second-order valence-corrected chi connectivity index (χ2v) is 6.85. The molecule has 1 aromatic carbocycles. The van der Waals surface area contributed by atoms with Gasteiger partial charge in [0.15, 0.2) is 0 Å². The summed E-state index contributed by atoms with van der Waals surface area (Å²) in [6.07, 6.45) is 6.89. The lowest BCUT2D eigenvalue weighted by molar-refractivity contribution is 0.700. The molecule has 0 fully saturated rings. The van der Waals surface area contributed by atoms with Crippen molar-refractivity contribution in [1.82, 2.24) is 9.97 Å². The van der Waals surface area contributed by atoms with Crippen LogP contribution < -0.4 is 5.32 Å². The third-order valence-electron chi connectivity index (χ3n) is 4.25. The third kappa shape index (κ3) is 2.66. The minimum atomic E-state index is 0.441. The average molecular weight is 320 g/mol. The number of benzene rings is 1. The van der Waals surface area contributed by atoms with E-state index < -0.39 is 0 Å². The minimum Gasteiger partial charge on any atom is -0.340 e. The Bertz CT molecular complexity index is 890. The Morgan fingerprint density at radius 1 is 1.13 bits per heavy atom. The van der Waals surface area contributed by atoms with Crippen molar-refractivity contribution in [2.24, 2.45) is 0 Å². The number of nitriles is 1. The number of nitrogens with zero attached hydrogens (tertiary/aromatic N) is 3. The van der Waals surface area contributed by atoms with Crippen LogP contribution in [-0.4, -0.2) is 9.97 Å². The molecule has 23 heavy (non-hydrogen) atoms. The van der Waals surface area contributed by atoms with E-state index >= 15 is 0 Å². The van der Waals surface area contributed by atoms with Gasteiger partial charge in [0.1, 0.15) is 17.0 Å². The van der Waals surface area contributed by atoms with Crippen LogP contribution in [0.2, 0.25) is 0 Å². The lowest BCUT2D eigenvalue weighted by Gasteiger charge is -2.12. The molecule has 0 saturated carbocycles. The molecule has 0 aliphatic heterocycles. The van der Waals surface area contributed by atoms with Crippen molar-refractivity contribution in [2.75, 3.05) is 5.32 Å². The maximum absolute atomic E-state index is 8.75. The number of rotatable bonds is 3. The summed E-state index contributed by atoms with van der Waals surface area (Å²) in [6, 6.07) is 10.1. The van der Waals surface area contributed by atoms with Gasteiger partial charge in [-0.3, -0.25) is 0 Å². The van der Waals surface area contributed by atoms with Gasteiger partial charge in [0.25, 0.3) is 0 Å². The largest absolute Gasteiger partial charge is 0.340 e. The fourth-order valence-corrected chi connectivity index (χ4v) is 4.35. The minimum absolute atomic E-state index is 0.441. The van der Waals surface area contributed by atoms with E-state index in [1.807, 2.05) is 24.3 Å². The monoisotopic (exact) mass is 320 g/mol. The standard InChI is InChI=1S/C18H16N4S/c19-10-9-12-5-7-13(8-6-12)22-17-16-14-3-1-2-4-15(14)23-18(16)21-11-20-17/h5-8,11H,1-4,9H2,(H,20,21,22). The Morgan fingerprint density at radius 3 is 2.78 bits per heavy atom. The number of nitrogens with one attached hydrogen (secondary N) is 1. The first-order chi connectivity index (χ1) is 11.3. The summed E-state index contributed by atoms with van der Waals surface area (Å²) in [5.41, 5.74) is 3.45. The molecule has 4 nitrogen and oxygen atoms in total. The second kappa shape index (κ2) is 5.98. The second-order valence-electron chi connectivity index (χ2n) is 5.77. The average Bonchev–Trinajstić information content (AvgIpc) is 2.96. The molecule has 1 aliphatic rings. The number of fused-ring (bicyclic) bond motifs is 3. The van der Waals surface area contributed by atoms with Crippen LogP contribution in [0.3, 0.4) is 0 Å². The molecule has 1 N–H and O–H groups in total. The van der Waals surface area contributed by atoms with Crippen molar-refractivity contribution >= 4 is 33.1 Å². The molecule has 0 unspecified atom stereocenters. The number of hydrogen-bond acceptors (Lipinski definition) is 5. The molecule has 2 aromatic heterocycles. The zero-order valence-electron chi connectivity index (χ0n) is 12.7. The van der Waals surface area contributed by atoms with Crippen LogP contribution in [0.4, 0.5) is 11.5 Å². The van der Waals surface area contributed by atoms with Crippen LogP contribution in [0.1, 0.15) is 28.8 Å². The molecule has 2 heterocycles. The van der Waals surface area contributed by atoms with Gasteiger partial charge in [0.05, 0.1) is 17.9 Å². The zero-order chi connectivity index (χ0) is 15.6. The Labute approximate surface area is 138 Å². The van der Waals surface area contributed by atoms with Gasteiger partial charge < -0.3 is 5.32 Å². The predicted molar refractivity (Wildman–Crippen MR) is 93.1 cm³/mol. The maximum Gasteiger partial charge on any atom is 0.142 e. The topological polar surface area (TPSA) is 61.6 Å². The van der Waals surface area contributed by atoms with E-state index in [1.54, 1.807) is 17.7 Å². The molecule has 3 aromatic rings. The number of hydrogen-bond donors (Lipinski definition) is 1. The van der Waals surface area contributed by atoms with Gasteiger partial charge in [-0.2, -0.15) is 5.26 Å². The molecule has 4 rings (SSSR count). The van der Waals surface area contributed by atoms with E-state index in [0.717, 1.165) is 28.3 Å². The molecular formula is C18H16N4S. The van der Waals surface area contributed by atoms with Crippen LogP contribution in [-0.2, 0) is 19.3 Å². The van der Waals surface area contributed by atoms with Gasteiger partial charge in [-0.15, -0.1) is 11.3 Å². The summed E-state index contributed by atoms with van der Waals surface area (Å²) in [4.78, 5) is 11.5. The summed E-state index contributed by atoms with van der Waals surface area (Å²) < 4.78 is 0. The summed E-state index contributed by atoms with van der Waals surface area (Å²) in [5.74, 6) is 0.891. The fourth-order valence-electron chi connectivity index (χ4n) is 3.12. The lowest BCUT2D eigenvalue weighted by atomic mass is 9.97. The van der Waals surface area contributed by atoms with E-state index in [-0.39, 0.29) is 0 Å². The van der Waals surface area contributed by atoms with Crippen molar-refractivity contribution in [3.05, 3.63) is 46.6 Å². The van der Waals surface area contributed by atoms with Crippen molar-refractivity contribution in [2.45, 2.75) is 32.1 Å². The molecular weight excluding hydrogens is 304 g/mol. The summed E-state index contributed by atoms with van der Waals surface area (Å²) >= 11 is 1.81. The predicted octanol–water partition coefficient (Wildman–Crippen LogP) is 4.38. The normalized spacial score (nSPS) is 13.5. The van der Waals surface area contributed by atoms with E-state index in [1.165, 1.54) is 35.1 Å². The first-order valence-electron chi connectivity index (χ1n) is 7.83. The Balaban J connectivity index is 1.71. The van der Waals surface area contributed by atoms with Gasteiger partial charge in [0, 0.05) is 10.6 Å². The third-order valence-corrected chi connectivity index (χ3v) is 5.45. The molecule has 1 aliphatic carbocycles. The molecule has 0 amide bonds. The molecule has 5 heteroatoms. The molecule has 0 atom stereocenters. The zero-order valence-corrected chi connectivity index (χ0v) is 13.5. The molecule has 0 bridgehead atoms.